The van der Waals surface area contributed by atoms with Gasteiger partial charge in [-0.3, -0.25) is 4.21 Å². The van der Waals surface area contributed by atoms with Crippen LogP contribution in [0, 0.1) is 0 Å². The average molecular weight is 489 g/mol. The van der Waals surface area contributed by atoms with Crippen molar-refractivity contribution in [2.24, 2.45) is 0 Å². The van der Waals surface area contributed by atoms with E-state index < -0.39 is 11.1 Å². The summed E-state index contributed by atoms with van der Waals surface area (Å²) in [5, 5.41) is 0. The van der Waals surface area contributed by atoms with E-state index in [4.69, 9.17) is 3.07 Å². The summed E-state index contributed by atoms with van der Waals surface area (Å²) in [6.07, 6.45) is 11.1. The van der Waals surface area contributed by atoms with E-state index in [1.54, 1.807) is 23.0 Å². The molecule has 1 rings (SSSR count). The monoisotopic (exact) mass is 489 g/mol. The van der Waals surface area contributed by atoms with Crippen molar-refractivity contribution in [3.63, 3.8) is 0 Å². The molecule has 5 heteroatoms. The number of allylic oxidation sites excluding steroid dienone is 4. The van der Waals surface area contributed by atoms with E-state index in [2.05, 4.69) is 39.8 Å². The Morgan fingerprint density at radius 1 is 1.19 bits per heavy atom. The van der Waals surface area contributed by atoms with Gasteiger partial charge in [-0.05, 0) is 69.5 Å². The third kappa shape index (κ3) is 7.92. The summed E-state index contributed by atoms with van der Waals surface area (Å²) in [7, 11) is 0. The van der Waals surface area contributed by atoms with E-state index in [0.717, 1.165) is 49.7 Å². The second kappa shape index (κ2) is 12.7. The van der Waals surface area contributed by atoms with Gasteiger partial charge in [-0.15, -0.1) is 0 Å². The van der Waals surface area contributed by atoms with Crippen LogP contribution in [0.5, 0.6) is 5.75 Å². The predicted molar refractivity (Wildman–Crippen MR) is 118 cm³/mol. The van der Waals surface area contributed by atoms with Gasteiger partial charge in [0.2, 0.25) is 0 Å². The van der Waals surface area contributed by atoms with Crippen molar-refractivity contribution >= 4 is 34.1 Å². The van der Waals surface area contributed by atoms with E-state index in [1.807, 2.05) is 12.1 Å². The molecule has 0 aliphatic carbocycles. The first-order valence-electron chi connectivity index (χ1n) is 9.22. The summed E-state index contributed by atoms with van der Waals surface area (Å²) in [5.41, 5.74) is 4.41. The minimum absolute atomic E-state index is 0.323. The Kier molecular flexibility index (Phi) is 11.4. The third-order valence-corrected chi connectivity index (χ3v) is 5.55. The van der Waals surface area contributed by atoms with Crippen LogP contribution in [0.1, 0.15) is 70.9 Å². The lowest BCUT2D eigenvalue weighted by Gasteiger charge is -2.18. The molecule has 0 amide bonds. The molecule has 1 unspecified atom stereocenters. The Bertz CT molecular complexity index is 661. The molecule has 0 aliphatic heterocycles. The van der Waals surface area contributed by atoms with Crippen LogP contribution in [0.2, 0.25) is 0 Å². The van der Waals surface area contributed by atoms with Crippen LogP contribution in [-0.4, -0.2) is 8.76 Å². The highest BCUT2D eigenvalue weighted by Gasteiger charge is 2.15. The standard InChI is InChI=1S/C21H31IO3S/c1-5-6-7-11-19-15-14-18(20(25-22)21(19)26(23)24)13-12-17(4)10-8-9-16(2)3/h9,12,14-15H,5-8,10-11,13H2,1-4H3,(H,23,24)/p-1/b17-12+. The van der Waals surface area contributed by atoms with Gasteiger partial charge in [-0.25, -0.2) is 0 Å². The minimum atomic E-state index is -2.30. The molecule has 0 spiro atoms. The first-order valence-corrected chi connectivity index (χ1v) is 11.2. The number of hydrogen-bond donors (Lipinski definition) is 0. The number of benzene rings is 1. The first-order chi connectivity index (χ1) is 12.4. The SMILES string of the molecule is CCCCCc1ccc(C/C=C(\C)CCC=C(C)C)c(OI)c1S(=O)[O-]. The van der Waals surface area contributed by atoms with Gasteiger partial charge >= 0.3 is 0 Å². The summed E-state index contributed by atoms with van der Waals surface area (Å²) in [5.74, 6) is 0.487. The summed E-state index contributed by atoms with van der Waals surface area (Å²) in [6.45, 7) is 8.47. The maximum absolute atomic E-state index is 11.8. The van der Waals surface area contributed by atoms with Crippen molar-refractivity contribution in [1.29, 1.82) is 0 Å². The summed E-state index contributed by atoms with van der Waals surface area (Å²) >= 11 is -0.516. The molecule has 0 heterocycles. The van der Waals surface area contributed by atoms with Gasteiger partial charge in [0.05, 0.1) is 4.90 Å². The zero-order valence-corrected chi connectivity index (χ0v) is 19.2. The van der Waals surface area contributed by atoms with Gasteiger partial charge in [0.1, 0.15) is 0 Å². The average Bonchev–Trinajstić information content (AvgIpc) is 2.59. The summed E-state index contributed by atoms with van der Waals surface area (Å²) < 4.78 is 29.1. The Morgan fingerprint density at radius 3 is 2.46 bits per heavy atom. The van der Waals surface area contributed by atoms with Crippen LogP contribution in [0.25, 0.3) is 0 Å². The summed E-state index contributed by atoms with van der Waals surface area (Å²) in [6, 6.07) is 3.95. The highest BCUT2D eigenvalue weighted by molar-refractivity contribution is 14.1. The van der Waals surface area contributed by atoms with Crippen molar-refractivity contribution in [3.05, 3.63) is 46.6 Å². The molecule has 3 nitrogen and oxygen atoms in total. The Hall–Kier alpha value is -0.660. The van der Waals surface area contributed by atoms with E-state index in [-0.39, 0.29) is 0 Å². The Labute approximate surface area is 175 Å². The zero-order valence-electron chi connectivity index (χ0n) is 16.3. The maximum atomic E-state index is 11.8. The maximum Gasteiger partial charge on any atom is 0.192 e. The fraction of sp³-hybridized carbons (Fsp3) is 0.524. The number of halogens is 1. The quantitative estimate of drug-likeness (QED) is 0.152. The lowest BCUT2D eigenvalue weighted by molar-refractivity contribution is 0.530. The molecule has 0 aromatic heterocycles. The van der Waals surface area contributed by atoms with Gasteiger partial charge in [-0.1, -0.05) is 55.2 Å². The van der Waals surface area contributed by atoms with Gasteiger partial charge < -0.3 is 7.62 Å². The zero-order chi connectivity index (χ0) is 19.5. The van der Waals surface area contributed by atoms with E-state index in [0.29, 0.717) is 17.1 Å². The second-order valence-electron chi connectivity index (χ2n) is 6.89. The molecule has 1 aromatic carbocycles. The number of unbranched alkanes of at least 4 members (excludes halogenated alkanes) is 2. The molecule has 0 bridgehead atoms. The molecule has 1 aromatic rings. The predicted octanol–water partition coefficient (Wildman–Crippen LogP) is 6.62. The van der Waals surface area contributed by atoms with Crippen LogP contribution >= 0.6 is 23.0 Å². The molecule has 0 aliphatic rings. The van der Waals surface area contributed by atoms with Crippen molar-refractivity contribution in [3.8, 4) is 5.75 Å². The first kappa shape index (κ1) is 23.4. The van der Waals surface area contributed by atoms with Gasteiger partial charge in [0.25, 0.3) is 0 Å². The normalized spacial score (nSPS) is 12.8. The fourth-order valence-electron chi connectivity index (χ4n) is 2.81. The minimum Gasteiger partial charge on any atom is -0.768 e. The van der Waals surface area contributed by atoms with Gasteiger partial charge in [0, 0.05) is 5.56 Å². The van der Waals surface area contributed by atoms with Gasteiger partial charge in [-0.2, -0.15) is 0 Å². The van der Waals surface area contributed by atoms with Crippen molar-refractivity contribution in [2.75, 3.05) is 0 Å². The van der Waals surface area contributed by atoms with E-state index in [1.165, 1.54) is 11.1 Å². The molecule has 0 saturated heterocycles. The topological polar surface area (TPSA) is 49.4 Å². The van der Waals surface area contributed by atoms with Crippen molar-refractivity contribution in [2.45, 2.75) is 77.5 Å². The molecular formula is C21H30IO3S-. The van der Waals surface area contributed by atoms with Crippen LogP contribution in [-0.2, 0) is 23.9 Å². The second-order valence-corrected chi connectivity index (χ2v) is 8.20. The van der Waals surface area contributed by atoms with E-state index in [9.17, 15) is 8.76 Å². The van der Waals surface area contributed by atoms with Gasteiger partial charge in [0.15, 0.2) is 28.8 Å². The van der Waals surface area contributed by atoms with Crippen LogP contribution in [0.15, 0.2) is 40.3 Å². The molecule has 1 atom stereocenters. The highest BCUT2D eigenvalue weighted by Crippen LogP contribution is 2.33. The summed E-state index contributed by atoms with van der Waals surface area (Å²) in [4.78, 5) is 0.323. The lowest BCUT2D eigenvalue weighted by Crippen LogP contribution is -2.02. The molecule has 0 radical (unpaired) electrons. The molecule has 0 saturated carbocycles. The van der Waals surface area contributed by atoms with Crippen LogP contribution < -0.4 is 3.07 Å². The number of rotatable bonds is 11. The van der Waals surface area contributed by atoms with E-state index >= 15 is 0 Å². The molecular weight excluding hydrogens is 459 g/mol. The molecule has 146 valence electrons. The molecule has 0 fully saturated rings. The molecule has 0 N–H and O–H groups in total. The number of hydrogen-bond acceptors (Lipinski definition) is 3. The molecule has 26 heavy (non-hydrogen) atoms. The fourth-order valence-corrected chi connectivity index (χ4v) is 4.17. The van der Waals surface area contributed by atoms with Crippen LogP contribution in [0.3, 0.4) is 0 Å². The third-order valence-electron chi connectivity index (χ3n) is 4.33. The Balaban J connectivity index is 2.99. The largest absolute Gasteiger partial charge is 0.768 e. The lowest BCUT2D eigenvalue weighted by atomic mass is 10.0. The van der Waals surface area contributed by atoms with Crippen molar-refractivity contribution < 1.29 is 11.8 Å². The van der Waals surface area contributed by atoms with Crippen molar-refractivity contribution in [1.82, 2.24) is 0 Å². The smallest absolute Gasteiger partial charge is 0.192 e. The Morgan fingerprint density at radius 2 is 1.88 bits per heavy atom. The number of aryl methyl sites for hydroxylation is 1. The van der Waals surface area contributed by atoms with Crippen LogP contribution in [0.4, 0.5) is 0 Å². The highest BCUT2D eigenvalue weighted by atomic mass is 127.